The molecule has 1 atom stereocenters. The van der Waals surface area contributed by atoms with Crippen molar-refractivity contribution < 1.29 is 8.42 Å². The summed E-state index contributed by atoms with van der Waals surface area (Å²) >= 11 is 0. The second kappa shape index (κ2) is 7.19. The minimum absolute atomic E-state index is 0.0593. The topological polar surface area (TPSA) is 60.2 Å². The Bertz CT molecular complexity index is 977. The maximum absolute atomic E-state index is 13.1. The third-order valence-electron chi connectivity index (χ3n) is 4.92. The van der Waals surface area contributed by atoms with Crippen LogP contribution in [-0.4, -0.2) is 27.3 Å². The molecule has 1 aliphatic rings. The highest BCUT2D eigenvalue weighted by Crippen LogP contribution is 2.35. The van der Waals surface area contributed by atoms with Crippen LogP contribution < -0.4 is 9.62 Å². The van der Waals surface area contributed by atoms with Crippen LogP contribution in [0.1, 0.15) is 12.5 Å². The summed E-state index contributed by atoms with van der Waals surface area (Å²) in [5, 5.41) is 0. The van der Waals surface area contributed by atoms with Gasteiger partial charge in [0.15, 0.2) is 5.69 Å². The number of aryl methyl sites for hydroxylation is 1. The van der Waals surface area contributed by atoms with Crippen LogP contribution >= 0.6 is 0 Å². The minimum atomic E-state index is -3.43. The molecule has 5 heteroatoms. The van der Waals surface area contributed by atoms with Crippen molar-refractivity contribution in [3.63, 3.8) is 0 Å². The summed E-state index contributed by atoms with van der Waals surface area (Å²) in [6, 6.07) is 15.9. The van der Waals surface area contributed by atoms with Gasteiger partial charge in [0.1, 0.15) is 12.7 Å². The second-order valence-electron chi connectivity index (χ2n) is 6.52. The van der Waals surface area contributed by atoms with Crippen LogP contribution in [0.25, 0.3) is 11.1 Å². The van der Waals surface area contributed by atoms with Crippen LogP contribution in [0, 0.1) is 6.92 Å². The van der Waals surface area contributed by atoms with E-state index >= 15 is 0 Å². The molecule has 4 nitrogen and oxygen atoms in total. The Morgan fingerprint density at radius 1 is 1.12 bits per heavy atom. The number of quaternary nitrogens is 1. The molecule has 1 heterocycles. The molecule has 3 rings (SSSR count). The van der Waals surface area contributed by atoms with E-state index in [0.29, 0.717) is 13.1 Å². The fraction of sp³-hybridized carbons (Fsp3) is 0.238. The molecule has 1 unspecified atom stereocenters. The van der Waals surface area contributed by atoms with Gasteiger partial charge in [0.05, 0.1) is 5.75 Å². The van der Waals surface area contributed by atoms with E-state index in [2.05, 4.69) is 19.1 Å². The van der Waals surface area contributed by atoms with E-state index < -0.39 is 10.0 Å². The van der Waals surface area contributed by atoms with Gasteiger partial charge in [0.2, 0.25) is 0 Å². The van der Waals surface area contributed by atoms with Crippen molar-refractivity contribution in [2.45, 2.75) is 13.8 Å². The monoisotopic (exact) mass is 369 g/mol. The van der Waals surface area contributed by atoms with Gasteiger partial charge in [-0.1, -0.05) is 42.5 Å². The SMILES string of the molecule is CCS(=O)(=O)[N+]1(c2cccc(-c3ccccc3C)c2)C=C(CN)C=CC1. The Kier molecular flexibility index (Phi) is 5.14. The fourth-order valence-electron chi connectivity index (χ4n) is 3.42. The molecule has 1 aliphatic heterocycles. The van der Waals surface area contributed by atoms with Gasteiger partial charge in [-0.3, -0.25) is 0 Å². The number of benzene rings is 2. The quantitative estimate of drug-likeness (QED) is 0.817. The lowest BCUT2D eigenvalue weighted by Crippen LogP contribution is -2.51. The van der Waals surface area contributed by atoms with Gasteiger partial charge < -0.3 is 5.73 Å². The summed E-state index contributed by atoms with van der Waals surface area (Å²) in [6.07, 6.45) is 5.60. The van der Waals surface area contributed by atoms with Gasteiger partial charge in [0, 0.05) is 24.3 Å². The molecule has 0 saturated heterocycles. The zero-order valence-electron chi connectivity index (χ0n) is 15.2. The van der Waals surface area contributed by atoms with Crippen molar-refractivity contribution in [3.8, 4) is 11.1 Å². The Hall–Kier alpha value is -2.21. The molecule has 0 saturated carbocycles. The first kappa shape index (κ1) is 18.6. The van der Waals surface area contributed by atoms with E-state index in [4.69, 9.17) is 5.73 Å². The summed E-state index contributed by atoms with van der Waals surface area (Å²) in [5.41, 5.74) is 10.7. The van der Waals surface area contributed by atoms with Crippen molar-refractivity contribution in [3.05, 3.63) is 78.0 Å². The molecule has 136 valence electrons. The highest BCUT2D eigenvalue weighted by atomic mass is 32.2. The lowest BCUT2D eigenvalue weighted by atomic mass is 10.00. The summed E-state index contributed by atoms with van der Waals surface area (Å²) in [6.45, 7) is 4.43. The third kappa shape index (κ3) is 3.14. The van der Waals surface area contributed by atoms with E-state index in [1.807, 2.05) is 48.6 Å². The minimum Gasteiger partial charge on any atom is -0.326 e. The van der Waals surface area contributed by atoms with E-state index in [-0.39, 0.29) is 9.64 Å². The molecule has 0 aliphatic carbocycles. The first-order valence-corrected chi connectivity index (χ1v) is 10.4. The third-order valence-corrected chi connectivity index (χ3v) is 7.11. The average Bonchev–Trinajstić information content (AvgIpc) is 2.68. The maximum atomic E-state index is 13.1. The van der Waals surface area contributed by atoms with Gasteiger partial charge in [0.25, 0.3) is 0 Å². The van der Waals surface area contributed by atoms with Crippen LogP contribution in [0.15, 0.2) is 72.5 Å². The predicted octanol–water partition coefficient (Wildman–Crippen LogP) is 3.73. The number of hydrogen-bond acceptors (Lipinski definition) is 3. The van der Waals surface area contributed by atoms with Crippen molar-refractivity contribution in [2.75, 3.05) is 18.8 Å². The van der Waals surface area contributed by atoms with Crippen molar-refractivity contribution in [1.29, 1.82) is 0 Å². The molecular formula is C21H25N2O2S+. The van der Waals surface area contributed by atoms with E-state index in [9.17, 15) is 8.42 Å². The van der Waals surface area contributed by atoms with Crippen LogP contribution in [0.3, 0.4) is 0 Å². The Labute approximate surface area is 155 Å². The second-order valence-corrected chi connectivity index (χ2v) is 8.92. The zero-order chi connectivity index (χ0) is 18.8. The van der Waals surface area contributed by atoms with E-state index in [0.717, 1.165) is 28.0 Å². The summed E-state index contributed by atoms with van der Waals surface area (Å²) in [7, 11) is -3.43. The first-order chi connectivity index (χ1) is 12.4. The molecule has 0 aromatic heterocycles. The van der Waals surface area contributed by atoms with Crippen molar-refractivity contribution in [2.24, 2.45) is 5.73 Å². The van der Waals surface area contributed by atoms with Gasteiger partial charge >= 0.3 is 10.0 Å². The summed E-state index contributed by atoms with van der Waals surface area (Å²) in [5.74, 6) is 0.0593. The van der Waals surface area contributed by atoms with Crippen molar-refractivity contribution in [1.82, 2.24) is 3.89 Å². The molecule has 0 spiro atoms. The number of nitrogens with two attached hydrogens (primary N) is 1. The smallest absolute Gasteiger partial charge is 0.306 e. The number of sulfonamides is 1. The molecule has 26 heavy (non-hydrogen) atoms. The zero-order valence-corrected chi connectivity index (χ0v) is 16.0. The Balaban J connectivity index is 2.22. The molecule has 0 fully saturated rings. The van der Waals surface area contributed by atoms with E-state index in [1.165, 1.54) is 0 Å². The predicted molar refractivity (Wildman–Crippen MR) is 109 cm³/mol. The molecule has 2 aromatic rings. The molecule has 0 bridgehead atoms. The first-order valence-electron chi connectivity index (χ1n) is 8.79. The van der Waals surface area contributed by atoms with Crippen LogP contribution in [0.4, 0.5) is 5.69 Å². The molecule has 0 amide bonds. The molecule has 2 aromatic carbocycles. The van der Waals surface area contributed by atoms with Crippen molar-refractivity contribution >= 4 is 15.7 Å². The van der Waals surface area contributed by atoms with Gasteiger partial charge in [-0.25, -0.2) is 0 Å². The lowest BCUT2D eigenvalue weighted by Gasteiger charge is -2.34. The molecule has 2 N–H and O–H groups in total. The number of nitrogens with zero attached hydrogens (tertiary/aromatic N) is 1. The Morgan fingerprint density at radius 2 is 1.88 bits per heavy atom. The fourth-order valence-corrected chi connectivity index (χ4v) is 4.92. The molecular weight excluding hydrogens is 344 g/mol. The highest BCUT2D eigenvalue weighted by Gasteiger charge is 2.42. The Morgan fingerprint density at radius 3 is 2.58 bits per heavy atom. The maximum Gasteiger partial charge on any atom is 0.306 e. The number of rotatable bonds is 5. The lowest BCUT2D eigenvalue weighted by molar-refractivity contribution is 0.511. The summed E-state index contributed by atoms with van der Waals surface area (Å²) in [4.78, 5) is 0. The highest BCUT2D eigenvalue weighted by molar-refractivity contribution is 7.91. The summed E-state index contributed by atoms with van der Waals surface area (Å²) < 4.78 is 26.0. The van der Waals surface area contributed by atoms with Crippen LogP contribution in [0.2, 0.25) is 0 Å². The largest absolute Gasteiger partial charge is 0.326 e. The standard InChI is InChI=1S/C21H25N2O2S/c1-3-26(24,25)23(13-7-9-18(15-22)16-23)20-11-6-10-19(14-20)21-12-5-4-8-17(21)2/h4-12,14,16H,3,13,15,22H2,1-2H3/q+1. The van der Waals surface area contributed by atoms with Crippen LogP contribution in [-0.2, 0) is 10.0 Å². The van der Waals surface area contributed by atoms with Crippen LogP contribution in [0.5, 0.6) is 0 Å². The molecule has 0 radical (unpaired) electrons. The average molecular weight is 370 g/mol. The van der Waals surface area contributed by atoms with E-state index in [1.54, 1.807) is 13.1 Å². The van der Waals surface area contributed by atoms with Gasteiger partial charge in [-0.05, 0) is 36.6 Å². The number of hydrogen-bond donors (Lipinski definition) is 1. The normalized spacial score (nSPS) is 20.0. The van der Waals surface area contributed by atoms with Gasteiger partial charge in [-0.2, -0.15) is 12.3 Å². The van der Waals surface area contributed by atoms with Gasteiger partial charge in [-0.15, -0.1) is 0 Å².